The van der Waals surface area contributed by atoms with Gasteiger partial charge in [-0.25, -0.2) is 4.79 Å². The number of nitrogens with zero attached hydrogens (tertiary/aromatic N) is 1. The maximum atomic E-state index is 12.9. The molecule has 0 saturated heterocycles. The molecule has 3 aromatic carbocycles. The van der Waals surface area contributed by atoms with Crippen molar-refractivity contribution in [1.29, 1.82) is 0 Å². The van der Waals surface area contributed by atoms with Crippen LogP contribution in [0.15, 0.2) is 75.9 Å². The first kappa shape index (κ1) is 25.3. The summed E-state index contributed by atoms with van der Waals surface area (Å²) in [6.45, 7) is 2.10. The number of hydrogen-bond donors (Lipinski definition) is 2. The van der Waals surface area contributed by atoms with E-state index < -0.39 is 12.1 Å². The van der Waals surface area contributed by atoms with E-state index in [1.807, 2.05) is 23.6 Å². The molecule has 11 heteroatoms. The van der Waals surface area contributed by atoms with Gasteiger partial charge in [-0.15, -0.1) is 13.2 Å². The molecule has 0 aliphatic heterocycles. The molecule has 0 spiro atoms. The molecule has 0 aliphatic rings. The lowest BCUT2D eigenvalue weighted by Gasteiger charge is -2.12. The van der Waals surface area contributed by atoms with Crippen LogP contribution >= 0.6 is 11.6 Å². The Morgan fingerprint density at radius 2 is 1.74 bits per heavy atom. The van der Waals surface area contributed by atoms with E-state index in [-0.39, 0.29) is 23.8 Å². The highest BCUT2D eigenvalue weighted by Crippen LogP contribution is 2.39. The third-order valence-electron chi connectivity index (χ3n) is 5.90. The van der Waals surface area contributed by atoms with Crippen LogP contribution in [0.25, 0.3) is 10.9 Å². The van der Waals surface area contributed by atoms with Crippen LogP contribution in [-0.2, 0) is 13.0 Å². The monoisotopic (exact) mass is 544 g/mol. The molecule has 5 aromatic rings. The van der Waals surface area contributed by atoms with Crippen molar-refractivity contribution in [1.82, 2.24) is 9.55 Å². The van der Waals surface area contributed by atoms with Gasteiger partial charge in [0.15, 0.2) is 11.5 Å². The summed E-state index contributed by atoms with van der Waals surface area (Å²) < 4.78 is 55.9. The molecule has 5 rings (SSSR count). The second kappa shape index (κ2) is 9.86. The number of aromatic hydroxyl groups is 1. The van der Waals surface area contributed by atoms with Crippen LogP contribution < -0.4 is 15.2 Å². The van der Waals surface area contributed by atoms with Crippen LogP contribution in [0, 0.1) is 6.92 Å². The van der Waals surface area contributed by atoms with Crippen molar-refractivity contribution < 1.29 is 32.2 Å². The topological polar surface area (TPSA) is 89.6 Å². The Kier molecular flexibility index (Phi) is 6.58. The predicted octanol–water partition coefficient (Wildman–Crippen LogP) is 6.92. The zero-order valence-electron chi connectivity index (χ0n) is 19.8. The molecule has 2 heterocycles. The standard InChI is InChI=1S/C27H20ClF3N2O5/c1-15-24(36-19-7-5-18(28)6-8-19)21-10-9-20(38-27(29,30)31)13-22(21)33(15)14-17-4-2-3-16(11-17)12-23-25(34)32-26(35)37-23/h2-11,13,34H,12,14H2,1H3,(H,32,35). The average Bonchev–Trinajstić information content (AvgIpc) is 3.29. The van der Waals surface area contributed by atoms with Gasteiger partial charge in [0.2, 0.25) is 5.88 Å². The van der Waals surface area contributed by atoms with Gasteiger partial charge in [0.25, 0.3) is 0 Å². The van der Waals surface area contributed by atoms with Gasteiger partial charge in [-0.1, -0.05) is 35.9 Å². The molecule has 0 aliphatic carbocycles. The van der Waals surface area contributed by atoms with Crippen molar-refractivity contribution in [3.63, 3.8) is 0 Å². The highest BCUT2D eigenvalue weighted by Gasteiger charge is 2.31. The largest absolute Gasteiger partial charge is 0.573 e. The second-order valence-electron chi connectivity index (χ2n) is 8.57. The van der Waals surface area contributed by atoms with Gasteiger partial charge in [0, 0.05) is 29.4 Å². The highest BCUT2D eigenvalue weighted by atomic mass is 35.5. The number of hydrogen-bond acceptors (Lipinski definition) is 5. The molecule has 0 saturated carbocycles. The fraction of sp³-hybridized carbons (Fsp3) is 0.148. The lowest BCUT2D eigenvalue weighted by atomic mass is 10.1. The number of rotatable bonds is 7. The maximum absolute atomic E-state index is 12.9. The first-order valence-electron chi connectivity index (χ1n) is 11.4. The molecular weight excluding hydrogens is 525 g/mol. The summed E-state index contributed by atoms with van der Waals surface area (Å²) in [5.41, 5.74) is 2.74. The Hall–Kier alpha value is -4.31. The SMILES string of the molecule is Cc1c(Oc2ccc(Cl)cc2)c2ccc(OC(F)(F)F)cc2n1Cc1cccc(Cc2oc(=O)[nH]c2O)c1. The molecule has 7 nitrogen and oxygen atoms in total. The quantitative estimate of drug-likeness (QED) is 0.232. The highest BCUT2D eigenvalue weighted by molar-refractivity contribution is 6.30. The Morgan fingerprint density at radius 3 is 2.42 bits per heavy atom. The summed E-state index contributed by atoms with van der Waals surface area (Å²) >= 11 is 5.98. The summed E-state index contributed by atoms with van der Waals surface area (Å²) in [7, 11) is 0. The number of ether oxygens (including phenoxy) is 2. The second-order valence-corrected chi connectivity index (χ2v) is 9.00. The molecule has 0 atom stereocenters. The van der Waals surface area contributed by atoms with Crippen LogP contribution in [0.3, 0.4) is 0 Å². The summed E-state index contributed by atoms with van der Waals surface area (Å²) in [6.07, 6.45) is -4.67. The van der Waals surface area contributed by atoms with Crippen molar-refractivity contribution in [3.8, 4) is 23.1 Å². The summed E-state index contributed by atoms with van der Waals surface area (Å²) in [4.78, 5) is 13.5. The number of aromatic amines is 1. The van der Waals surface area contributed by atoms with Gasteiger partial charge >= 0.3 is 12.1 Å². The first-order valence-corrected chi connectivity index (χ1v) is 11.7. The number of alkyl halides is 3. The molecule has 38 heavy (non-hydrogen) atoms. The van der Waals surface area contributed by atoms with E-state index >= 15 is 0 Å². The zero-order valence-corrected chi connectivity index (χ0v) is 20.6. The number of fused-ring (bicyclic) bond motifs is 1. The molecule has 0 radical (unpaired) electrons. The van der Waals surface area contributed by atoms with Crippen molar-refractivity contribution in [2.45, 2.75) is 26.3 Å². The van der Waals surface area contributed by atoms with Crippen LogP contribution in [0.5, 0.6) is 23.1 Å². The molecule has 2 aromatic heterocycles. The van der Waals surface area contributed by atoms with E-state index in [4.69, 9.17) is 20.8 Å². The van der Waals surface area contributed by atoms with Gasteiger partial charge < -0.3 is 23.6 Å². The fourth-order valence-corrected chi connectivity index (χ4v) is 4.38. The van der Waals surface area contributed by atoms with Gasteiger partial charge in [-0.3, -0.25) is 4.98 Å². The summed E-state index contributed by atoms with van der Waals surface area (Å²) in [5.74, 6) is -0.351. The Balaban J connectivity index is 1.54. The number of oxazole rings is 1. The molecule has 196 valence electrons. The minimum Gasteiger partial charge on any atom is -0.492 e. The van der Waals surface area contributed by atoms with E-state index in [1.165, 1.54) is 18.2 Å². The predicted molar refractivity (Wildman–Crippen MR) is 134 cm³/mol. The minimum absolute atomic E-state index is 0.0994. The van der Waals surface area contributed by atoms with Crippen molar-refractivity contribution >= 4 is 22.5 Å². The smallest absolute Gasteiger partial charge is 0.492 e. The molecule has 0 bridgehead atoms. The van der Waals surface area contributed by atoms with Gasteiger partial charge in [-0.05, 0) is 54.4 Å². The fourth-order valence-electron chi connectivity index (χ4n) is 4.25. The van der Waals surface area contributed by atoms with Crippen molar-refractivity contribution in [3.05, 3.63) is 105 Å². The number of halogens is 4. The molecular formula is C27H20ClF3N2O5. The maximum Gasteiger partial charge on any atom is 0.573 e. The number of H-pyrrole nitrogens is 1. The Morgan fingerprint density at radius 1 is 1.03 bits per heavy atom. The number of benzene rings is 3. The molecule has 2 N–H and O–H groups in total. The van der Waals surface area contributed by atoms with Gasteiger partial charge in [0.1, 0.15) is 11.5 Å². The van der Waals surface area contributed by atoms with Crippen LogP contribution in [-0.4, -0.2) is 21.0 Å². The van der Waals surface area contributed by atoms with E-state index in [2.05, 4.69) is 9.72 Å². The third kappa shape index (κ3) is 5.50. The first-order chi connectivity index (χ1) is 18.1. The zero-order chi connectivity index (χ0) is 27.0. The summed E-state index contributed by atoms with van der Waals surface area (Å²) in [5, 5.41) is 11.0. The Labute approximate surface area is 218 Å². The molecule has 0 fully saturated rings. The van der Waals surface area contributed by atoms with Crippen LogP contribution in [0.4, 0.5) is 13.2 Å². The van der Waals surface area contributed by atoms with E-state index in [0.29, 0.717) is 39.7 Å². The van der Waals surface area contributed by atoms with Crippen LogP contribution in [0.1, 0.15) is 22.6 Å². The normalized spacial score (nSPS) is 11.7. The summed E-state index contributed by atoms with van der Waals surface area (Å²) in [6, 6.07) is 18.2. The Bertz CT molecular complexity index is 1670. The number of aromatic nitrogens is 2. The van der Waals surface area contributed by atoms with E-state index in [0.717, 1.165) is 11.1 Å². The lowest BCUT2D eigenvalue weighted by Crippen LogP contribution is -2.17. The van der Waals surface area contributed by atoms with Crippen molar-refractivity contribution in [2.75, 3.05) is 0 Å². The van der Waals surface area contributed by atoms with E-state index in [1.54, 1.807) is 36.4 Å². The van der Waals surface area contributed by atoms with Gasteiger partial charge in [0.05, 0.1) is 11.2 Å². The average molecular weight is 545 g/mol. The van der Waals surface area contributed by atoms with Crippen LogP contribution in [0.2, 0.25) is 5.02 Å². The van der Waals surface area contributed by atoms with E-state index in [9.17, 15) is 23.1 Å². The third-order valence-corrected chi connectivity index (χ3v) is 6.15. The van der Waals surface area contributed by atoms with Gasteiger partial charge in [-0.2, -0.15) is 0 Å². The van der Waals surface area contributed by atoms with Crippen molar-refractivity contribution in [2.24, 2.45) is 0 Å². The molecule has 0 unspecified atom stereocenters. The lowest BCUT2D eigenvalue weighted by molar-refractivity contribution is -0.274. The number of nitrogens with one attached hydrogen (secondary N) is 1. The minimum atomic E-state index is -4.84. The molecule has 0 amide bonds.